The minimum atomic E-state index is -0.604. The molecule has 0 unspecified atom stereocenters. The largest absolute Gasteiger partial charge is 0.395 e. The van der Waals surface area contributed by atoms with Crippen molar-refractivity contribution in [2.75, 3.05) is 38.0 Å². The maximum absolute atomic E-state index is 15.9. The fraction of sp³-hybridized carbons (Fsp3) is 0.212. The summed E-state index contributed by atoms with van der Waals surface area (Å²) in [7, 11) is 3.01. The van der Waals surface area contributed by atoms with Crippen LogP contribution in [0.25, 0.3) is 22.0 Å². The fourth-order valence-corrected chi connectivity index (χ4v) is 4.87. The number of amides is 1. The highest BCUT2D eigenvalue weighted by Gasteiger charge is 2.18. The Bertz CT molecular complexity index is 1760. The van der Waals surface area contributed by atoms with Gasteiger partial charge < -0.3 is 30.5 Å². The number of nitrogens with one attached hydrogen (secondary N) is 3. The number of hydrogen-bond donors (Lipinski definition) is 4. The van der Waals surface area contributed by atoms with Gasteiger partial charge in [-0.15, -0.1) is 0 Å². The summed E-state index contributed by atoms with van der Waals surface area (Å²) in [6.07, 6.45) is 4.36. The highest BCUT2D eigenvalue weighted by atomic mass is 19.1. The average Bonchev–Trinajstić information content (AvgIpc) is 3.04. The molecule has 44 heavy (non-hydrogen) atoms. The van der Waals surface area contributed by atoms with Crippen LogP contribution in [0.4, 0.5) is 21.6 Å². The third-order valence-electron chi connectivity index (χ3n) is 7.12. The zero-order valence-corrected chi connectivity index (χ0v) is 24.6. The number of fused-ring (bicyclic) bond motifs is 1. The molecule has 0 atom stereocenters. The molecule has 4 N–H and O–H groups in total. The minimum Gasteiger partial charge on any atom is -0.395 e. The van der Waals surface area contributed by atoms with Crippen LogP contribution in [0.5, 0.6) is 0 Å². The molecule has 0 saturated heterocycles. The second-order valence-electron chi connectivity index (χ2n) is 9.98. The molecular formula is C33H33FN6O4. The molecule has 1 amide bonds. The number of anilines is 3. The molecule has 5 aromatic rings. The quantitative estimate of drug-likeness (QED) is 0.109. The van der Waals surface area contributed by atoms with Crippen molar-refractivity contribution in [3.05, 3.63) is 107 Å². The van der Waals surface area contributed by atoms with Crippen molar-refractivity contribution in [1.82, 2.24) is 20.3 Å². The molecule has 3 aromatic heterocycles. The molecule has 2 aromatic carbocycles. The highest BCUT2D eigenvalue weighted by molar-refractivity contribution is 6.03. The second-order valence-corrected chi connectivity index (χ2v) is 9.98. The van der Waals surface area contributed by atoms with Gasteiger partial charge in [0.15, 0.2) is 17.9 Å². The van der Waals surface area contributed by atoms with Gasteiger partial charge in [0, 0.05) is 68.1 Å². The Balaban J connectivity index is 1.37. The van der Waals surface area contributed by atoms with Crippen molar-refractivity contribution in [3.8, 4) is 11.1 Å². The first-order valence-electron chi connectivity index (χ1n) is 14.0. The van der Waals surface area contributed by atoms with Gasteiger partial charge in [-0.3, -0.25) is 14.8 Å². The van der Waals surface area contributed by atoms with Crippen molar-refractivity contribution < 1.29 is 23.8 Å². The molecule has 0 aliphatic rings. The number of nitrogens with zero attached hydrogens (tertiary/aromatic N) is 3. The summed E-state index contributed by atoms with van der Waals surface area (Å²) in [5, 5.41) is 19.1. The lowest BCUT2D eigenvalue weighted by Gasteiger charge is -2.16. The molecule has 226 valence electrons. The molecule has 0 aliphatic carbocycles. The predicted molar refractivity (Wildman–Crippen MR) is 167 cm³/mol. The summed E-state index contributed by atoms with van der Waals surface area (Å²) in [5.74, 6) is -0.545. The molecule has 10 nitrogen and oxygen atoms in total. The maximum atomic E-state index is 15.9. The van der Waals surface area contributed by atoms with Crippen molar-refractivity contribution in [2.45, 2.75) is 19.8 Å². The average molecular weight is 597 g/mol. The molecule has 0 radical (unpaired) electrons. The van der Waals surface area contributed by atoms with E-state index in [1.54, 1.807) is 30.6 Å². The van der Waals surface area contributed by atoms with E-state index in [1.165, 1.54) is 32.5 Å². The zero-order chi connectivity index (χ0) is 31.1. The number of carbonyl (C=O) groups excluding carboxylic acids is 1. The van der Waals surface area contributed by atoms with E-state index in [2.05, 4.69) is 30.9 Å². The van der Waals surface area contributed by atoms with E-state index in [0.717, 1.165) is 22.2 Å². The smallest absolute Gasteiger partial charge is 0.274 e. The molecule has 0 saturated carbocycles. The van der Waals surface area contributed by atoms with Gasteiger partial charge in [-0.1, -0.05) is 30.3 Å². The van der Waals surface area contributed by atoms with Gasteiger partial charge in [0.1, 0.15) is 11.2 Å². The maximum Gasteiger partial charge on any atom is 0.274 e. The standard InChI is InChI=1S/C33H33FN6O4/c1-20-24(6-4-8-26(20)39-31-30-22(12-13-36-31)16-21(18-38-30)17-35-14-15-41)25-7-5-9-27(29(25)34)40-32(42)28-11-10-23(19-37-28)33(43-2)44-3/h4-13,16,18-19,33,35,41H,14-15,17H2,1-3H3,(H,36,39)(H,40,42). The lowest BCUT2D eigenvalue weighted by Crippen LogP contribution is -2.17. The van der Waals surface area contributed by atoms with Crippen LogP contribution in [0.15, 0.2) is 79.3 Å². The fourth-order valence-electron chi connectivity index (χ4n) is 4.87. The van der Waals surface area contributed by atoms with Crippen LogP contribution >= 0.6 is 0 Å². The first kappa shape index (κ1) is 30.6. The van der Waals surface area contributed by atoms with E-state index in [-0.39, 0.29) is 18.0 Å². The van der Waals surface area contributed by atoms with Crippen molar-refractivity contribution in [1.29, 1.82) is 0 Å². The van der Waals surface area contributed by atoms with Crippen LogP contribution in [0.2, 0.25) is 0 Å². The SMILES string of the molecule is COC(OC)c1ccc(C(=O)Nc2cccc(-c3cccc(Nc4nccc5cc(CNCCO)cnc45)c3C)c2F)nc1. The lowest BCUT2D eigenvalue weighted by atomic mass is 9.98. The third kappa shape index (κ3) is 6.71. The van der Waals surface area contributed by atoms with E-state index in [4.69, 9.17) is 14.6 Å². The molecule has 0 aliphatic heterocycles. The number of halogens is 1. The highest BCUT2D eigenvalue weighted by Crippen LogP contribution is 2.35. The Morgan fingerprint density at radius 1 is 0.955 bits per heavy atom. The summed E-state index contributed by atoms with van der Waals surface area (Å²) < 4.78 is 26.3. The Kier molecular flexibility index (Phi) is 9.82. The topological polar surface area (TPSA) is 131 Å². The number of ether oxygens (including phenoxy) is 2. The number of pyridine rings is 3. The number of benzene rings is 2. The Hall–Kier alpha value is -4.81. The van der Waals surface area contributed by atoms with Gasteiger partial charge >= 0.3 is 0 Å². The minimum absolute atomic E-state index is 0.0343. The van der Waals surface area contributed by atoms with E-state index < -0.39 is 18.0 Å². The molecular weight excluding hydrogens is 563 g/mol. The monoisotopic (exact) mass is 596 g/mol. The number of carbonyl (C=O) groups is 1. The number of aliphatic hydroxyl groups excluding tert-OH is 1. The summed E-state index contributed by atoms with van der Waals surface area (Å²) in [6, 6.07) is 17.5. The zero-order valence-electron chi connectivity index (χ0n) is 24.6. The predicted octanol–water partition coefficient (Wildman–Crippen LogP) is 5.51. The summed E-state index contributed by atoms with van der Waals surface area (Å²) in [6.45, 7) is 3.05. The van der Waals surface area contributed by atoms with Gasteiger partial charge in [0.25, 0.3) is 5.91 Å². The van der Waals surface area contributed by atoms with Gasteiger partial charge in [-0.2, -0.15) is 0 Å². The van der Waals surface area contributed by atoms with Crippen LogP contribution in [-0.2, 0) is 16.0 Å². The number of methoxy groups -OCH3 is 2. The number of aliphatic hydroxyl groups is 1. The van der Waals surface area contributed by atoms with Crippen LogP contribution in [0, 0.1) is 12.7 Å². The van der Waals surface area contributed by atoms with Crippen LogP contribution in [0.1, 0.15) is 33.5 Å². The van der Waals surface area contributed by atoms with E-state index >= 15 is 4.39 Å². The van der Waals surface area contributed by atoms with E-state index in [9.17, 15) is 4.79 Å². The van der Waals surface area contributed by atoms with Gasteiger partial charge in [-0.25, -0.2) is 9.37 Å². The van der Waals surface area contributed by atoms with E-state index in [1.807, 2.05) is 37.3 Å². The Labute approximate surface area is 254 Å². The van der Waals surface area contributed by atoms with Crippen molar-refractivity contribution >= 4 is 34.0 Å². The summed E-state index contributed by atoms with van der Waals surface area (Å²) >= 11 is 0. The molecule has 3 heterocycles. The van der Waals surface area contributed by atoms with Gasteiger partial charge in [-0.05, 0) is 53.9 Å². The lowest BCUT2D eigenvalue weighted by molar-refractivity contribution is -0.106. The Morgan fingerprint density at radius 3 is 2.45 bits per heavy atom. The van der Waals surface area contributed by atoms with E-state index in [0.29, 0.717) is 41.1 Å². The number of aromatic nitrogens is 3. The van der Waals surface area contributed by atoms with Crippen LogP contribution < -0.4 is 16.0 Å². The molecule has 11 heteroatoms. The van der Waals surface area contributed by atoms with Crippen LogP contribution in [-0.4, -0.2) is 53.3 Å². The normalized spacial score (nSPS) is 11.2. The molecule has 0 spiro atoms. The molecule has 5 rings (SSSR count). The van der Waals surface area contributed by atoms with Crippen LogP contribution in [0.3, 0.4) is 0 Å². The third-order valence-corrected chi connectivity index (χ3v) is 7.12. The van der Waals surface area contributed by atoms with Crippen molar-refractivity contribution in [2.24, 2.45) is 0 Å². The first-order valence-corrected chi connectivity index (χ1v) is 14.0. The summed E-state index contributed by atoms with van der Waals surface area (Å²) in [4.78, 5) is 26.2. The Morgan fingerprint density at radius 2 is 1.73 bits per heavy atom. The van der Waals surface area contributed by atoms with Crippen molar-refractivity contribution in [3.63, 3.8) is 0 Å². The van der Waals surface area contributed by atoms with Gasteiger partial charge in [0.2, 0.25) is 0 Å². The number of rotatable bonds is 12. The molecule has 0 fully saturated rings. The molecule has 0 bridgehead atoms. The summed E-state index contributed by atoms with van der Waals surface area (Å²) in [5.41, 5.74) is 5.00. The van der Waals surface area contributed by atoms with Gasteiger partial charge in [0.05, 0.1) is 12.3 Å². The number of hydrogen-bond acceptors (Lipinski definition) is 9. The second kappa shape index (κ2) is 14.1. The first-order chi connectivity index (χ1) is 21.4.